The average Bonchev–Trinajstić information content (AvgIpc) is 3.46. The van der Waals surface area contributed by atoms with E-state index in [1.54, 1.807) is 16.8 Å². The van der Waals surface area contributed by atoms with Crippen molar-refractivity contribution in [2.45, 2.75) is 50.3 Å². The minimum Gasteiger partial charge on any atom is -0.453 e. The van der Waals surface area contributed by atoms with Crippen LogP contribution >= 0.6 is 0 Å². The molecule has 2 aliphatic carbocycles. The lowest BCUT2D eigenvalue weighted by Gasteiger charge is -2.11. The predicted octanol–water partition coefficient (Wildman–Crippen LogP) is 3.61. The van der Waals surface area contributed by atoms with Crippen LogP contribution < -0.4 is 4.74 Å². The second kappa shape index (κ2) is 6.13. The molecule has 1 aromatic carbocycles. The summed E-state index contributed by atoms with van der Waals surface area (Å²) in [7, 11) is -3.19. The van der Waals surface area contributed by atoms with Gasteiger partial charge in [-0.1, -0.05) is 0 Å². The first kappa shape index (κ1) is 17.1. The molecule has 0 amide bonds. The third-order valence-corrected chi connectivity index (χ3v) is 5.51. The minimum atomic E-state index is -3.19. The highest BCUT2D eigenvalue weighted by molar-refractivity contribution is 7.89. The van der Waals surface area contributed by atoms with E-state index in [4.69, 9.17) is 10.00 Å². The van der Waals surface area contributed by atoms with Gasteiger partial charge < -0.3 is 4.74 Å². The van der Waals surface area contributed by atoms with Crippen molar-refractivity contribution in [1.29, 1.82) is 5.26 Å². The van der Waals surface area contributed by atoms with Crippen molar-refractivity contribution in [2.24, 2.45) is 0 Å². The number of aromatic nitrogens is 2. The lowest BCUT2D eigenvalue weighted by Crippen LogP contribution is -2.13. The first-order chi connectivity index (χ1) is 12.4. The summed E-state index contributed by atoms with van der Waals surface area (Å²) >= 11 is 0. The molecule has 2 aliphatic rings. The molecule has 1 heterocycles. The van der Waals surface area contributed by atoms with Crippen LogP contribution in [0.15, 0.2) is 18.2 Å². The second-order valence-electron chi connectivity index (χ2n) is 7.39. The largest absolute Gasteiger partial charge is 0.453 e. The normalized spacial score (nSPS) is 17.1. The Kier molecular flexibility index (Phi) is 4.03. The van der Waals surface area contributed by atoms with Crippen molar-refractivity contribution < 1.29 is 13.2 Å². The van der Waals surface area contributed by atoms with Gasteiger partial charge in [0.05, 0.1) is 17.3 Å². The Balaban J connectivity index is 1.76. The first-order valence-electron chi connectivity index (χ1n) is 8.82. The smallest absolute Gasteiger partial charge is 0.172 e. The van der Waals surface area contributed by atoms with Crippen LogP contribution in [0.5, 0.6) is 11.5 Å². The van der Waals surface area contributed by atoms with Gasteiger partial charge in [0.2, 0.25) is 0 Å². The molecule has 0 saturated heterocycles. The summed E-state index contributed by atoms with van der Waals surface area (Å²) in [5.74, 6) is 1.93. The Labute approximate surface area is 153 Å². The predicted molar refractivity (Wildman–Crippen MR) is 97.0 cm³/mol. The molecule has 6 nitrogen and oxygen atoms in total. The Morgan fingerprint density at radius 1 is 1.27 bits per heavy atom. The van der Waals surface area contributed by atoms with Crippen LogP contribution in [0.1, 0.15) is 60.0 Å². The zero-order valence-corrected chi connectivity index (χ0v) is 15.7. The number of rotatable bonds is 6. The van der Waals surface area contributed by atoms with Crippen LogP contribution in [0.2, 0.25) is 0 Å². The number of aryl methyl sites for hydroxylation is 1. The van der Waals surface area contributed by atoms with Crippen LogP contribution in [0, 0.1) is 18.3 Å². The van der Waals surface area contributed by atoms with Gasteiger partial charge in [0.1, 0.15) is 17.3 Å². The molecular weight excluding hydrogens is 350 g/mol. The van der Waals surface area contributed by atoms with Crippen molar-refractivity contribution in [1.82, 2.24) is 9.78 Å². The zero-order valence-electron chi connectivity index (χ0n) is 14.9. The molecule has 0 spiro atoms. The molecule has 7 heteroatoms. The third-order valence-electron chi connectivity index (χ3n) is 4.79. The Morgan fingerprint density at radius 3 is 2.50 bits per heavy atom. The number of ether oxygens (including phenoxy) is 1. The molecule has 0 radical (unpaired) electrons. The maximum atomic E-state index is 11.8. The highest BCUT2D eigenvalue weighted by Crippen LogP contribution is 2.52. The molecule has 2 saturated carbocycles. The van der Waals surface area contributed by atoms with Gasteiger partial charge in [-0.15, -0.1) is 0 Å². The average molecular weight is 371 g/mol. The molecule has 2 fully saturated rings. The Morgan fingerprint density at radius 2 is 1.96 bits per heavy atom. The highest BCUT2D eigenvalue weighted by atomic mass is 32.2. The molecule has 0 aliphatic heterocycles. The van der Waals surface area contributed by atoms with Crippen molar-refractivity contribution in [3.63, 3.8) is 0 Å². The topological polar surface area (TPSA) is 85.0 Å². The number of benzene rings is 1. The molecule has 0 unspecified atom stereocenters. The van der Waals surface area contributed by atoms with Crippen molar-refractivity contribution >= 4 is 9.84 Å². The van der Waals surface area contributed by atoms with Crippen molar-refractivity contribution in [3.05, 3.63) is 40.7 Å². The second-order valence-corrected chi connectivity index (χ2v) is 9.50. The van der Waals surface area contributed by atoms with E-state index in [9.17, 15) is 8.42 Å². The first-order valence-corrected chi connectivity index (χ1v) is 10.9. The van der Waals surface area contributed by atoms with Gasteiger partial charge in [0, 0.05) is 18.1 Å². The highest BCUT2D eigenvalue weighted by Gasteiger charge is 2.39. The lowest BCUT2D eigenvalue weighted by molar-refractivity contribution is 0.468. The molecule has 0 N–H and O–H groups in total. The summed E-state index contributed by atoms with van der Waals surface area (Å²) < 4.78 is 31.5. The fourth-order valence-corrected chi connectivity index (χ4v) is 3.86. The Bertz CT molecular complexity index is 1010. The SMILES string of the molecule is Cc1cc(Oc2c(C3CC3)nn(CS(C)(=O)=O)c2C2CC2)ccc1C#N. The maximum Gasteiger partial charge on any atom is 0.172 e. The summed E-state index contributed by atoms with van der Waals surface area (Å²) in [6, 6.07) is 7.54. The molecule has 2 aromatic rings. The molecule has 0 atom stereocenters. The van der Waals surface area contributed by atoms with E-state index in [0.29, 0.717) is 23.1 Å². The van der Waals surface area contributed by atoms with Gasteiger partial charge in [-0.3, -0.25) is 0 Å². The van der Waals surface area contributed by atoms with E-state index in [1.165, 1.54) is 6.26 Å². The zero-order chi connectivity index (χ0) is 18.5. The van der Waals surface area contributed by atoms with E-state index >= 15 is 0 Å². The summed E-state index contributed by atoms with van der Waals surface area (Å²) in [5, 5.41) is 13.7. The monoisotopic (exact) mass is 371 g/mol. The standard InChI is InChI=1S/C19H21N3O3S/c1-12-9-16(8-7-15(12)10-20)25-19-17(13-3-4-13)21-22(11-26(2,23)24)18(19)14-5-6-14/h7-9,13-14H,3-6,11H2,1-2H3. The van der Waals surface area contributed by atoms with Crippen LogP contribution in [0.3, 0.4) is 0 Å². The van der Waals surface area contributed by atoms with Crippen LogP contribution in [-0.2, 0) is 15.7 Å². The fourth-order valence-electron chi connectivity index (χ4n) is 3.22. The summed E-state index contributed by atoms with van der Waals surface area (Å²) in [6.45, 7) is 1.88. The molecular formula is C19H21N3O3S. The molecule has 1 aromatic heterocycles. The van der Waals surface area contributed by atoms with E-state index in [2.05, 4.69) is 11.2 Å². The molecule has 4 rings (SSSR count). The number of hydrogen-bond donors (Lipinski definition) is 0. The van der Waals surface area contributed by atoms with Crippen LogP contribution in [0.4, 0.5) is 0 Å². The van der Waals surface area contributed by atoms with Crippen molar-refractivity contribution in [2.75, 3.05) is 6.26 Å². The Hall–Kier alpha value is -2.33. The van der Waals surface area contributed by atoms with Crippen molar-refractivity contribution in [3.8, 4) is 17.6 Å². The fraction of sp³-hybridized carbons (Fsp3) is 0.474. The van der Waals surface area contributed by atoms with E-state index < -0.39 is 9.84 Å². The van der Waals surface area contributed by atoms with Gasteiger partial charge in [-0.05, 0) is 56.4 Å². The third kappa shape index (κ3) is 3.47. The summed E-state index contributed by atoms with van der Waals surface area (Å²) in [6.07, 6.45) is 5.41. The van der Waals surface area contributed by atoms with Gasteiger partial charge in [-0.25, -0.2) is 13.1 Å². The molecule has 26 heavy (non-hydrogen) atoms. The van der Waals surface area contributed by atoms with Gasteiger partial charge in [0.25, 0.3) is 0 Å². The maximum absolute atomic E-state index is 11.8. The number of hydrogen-bond acceptors (Lipinski definition) is 5. The summed E-state index contributed by atoms with van der Waals surface area (Å²) in [4.78, 5) is 0. The summed E-state index contributed by atoms with van der Waals surface area (Å²) in [5.41, 5.74) is 3.25. The lowest BCUT2D eigenvalue weighted by atomic mass is 10.1. The van der Waals surface area contributed by atoms with Gasteiger partial charge >= 0.3 is 0 Å². The van der Waals surface area contributed by atoms with Crippen LogP contribution in [-0.4, -0.2) is 24.5 Å². The van der Waals surface area contributed by atoms with Gasteiger partial charge in [0.15, 0.2) is 15.6 Å². The molecule has 0 bridgehead atoms. The number of sulfone groups is 1. The van der Waals surface area contributed by atoms with E-state index in [1.807, 2.05) is 13.0 Å². The number of nitrogens with zero attached hydrogens (tertiary/aromatic N) is 3. The molecule has 136 valence electrons. The number of nitriles is 1. The van der Waals surface area contributed by atoms with Crippen LogP contribution in [0.25, 0.3) is 0 Å². The van der Waals surface area contributed by atoms with E-state index in [-0.39, 0.29) is 5.88 Å². The quantitative estimate of drug-likeness (QED) is 0.774. The van der Waals surface area contributed by atoms with Gasteiger partial charge in [-0.2, -0.15) is 10.4 Å². The minimum absolute atomic E-state index is 0.117. The van der Waals surface area contributed by atoms with E-state index in [0.717, 1.165) is 48.4 Å².